The number of benzene rings is 4. The molecule has 1 amide bonds. The van der Waals surface area contributed by atoms with Crippen LogP contribution in [0.3, 0.4) is 0 Å². The number of aromatic nitrogens is 2. The molecule has 0 bridgehead atoms. The highest BCUT2D eigenvalue weighted by atomic mass is 16.5. The summed E-state index contributed by atoms with van der Waals surface area (Å²) in [6.07, 6.45) is 0. The average Bonchev–Trinajstić information content (AvgIpc) is 3.24. The summed E-state index contributed by atoms with van der Waals surface area (Å²) in [4.78, 5) is 11.9. The van der Waals surface area contributed by atoms with Crippen LogP contribution in [0, 0.1) is 0 Å². The standard InChI is InChI=1S/C26H19N3O3/c27-26(30)22-9-5-4-8-21(22)25-23-16-20(14-15-24(23)28-29-25)32-19-12-10-18(11-13-19)31-17-6-2-1-3-7-17/h1-16H,(H2,27,30)(H,28,29). The van der Waals surface area contributed by atoms with E-state index in [1.807, 2.05) is 84.9 Å². The van der Waals surface area contributed by atoms with Gasteiger partial charge in [0.25, 0.3) is 0 Å². The second-order valence-corrected chi connectivity index (χ2v) is 7.18. The summed E-state index contributed by atoms with van der Waals surface area (Å²) in [6.45, 7) is 0. The molecular formula is C26H19N3O3. The fraction of sp³-hybridized carbons (Fsp3) is 0. The van der Waals surface area contributed by atoms with Crippen molar-refractivity contribution in [1.29, 1.82) is 0 Å². The van der Waals surface area contributed by atoms with Crippen molar-refractivity contribution in [2.75, 3.05) is 0 Å². The van der Waals surface area contributed by atoms with Gasteiger partial charge in [-0.3, -0.25) is 9.89 Å². The van der Waals surface area contributed by atoms with Crippen LogP contribution in [0.15, 0.2) is 97.1 Å². The highest BCUT2D eigenvalue weighted by Gasteiger charge is 2.15. The monoisotopic (exact) mass is 421 g/mol. The lowest BCUT2D eigenvalue weighted by molar-refractivity contribution is 0.100. The number of carbonyl (C=O) groups is 1. The highest BCUT2D eigenvalue weighted by Crippen LogP contribution is 2.33. The summed E-state index contributed by atoms with van der Waals surface area (Å²) >= 11 is 0. The fourth-order valence-electron chi connectivity index (χ4n) is 3.50. The van der Waals surface area contributed by atoms with Crippen LogP contribution in [0.2, 0.25) is 0 Å². The molecule has 0 aliphatic rings. The van der Waals surface area contributed by atoms with E-state index in [-0.39, 0.29) is 0 Å². The molecule has 32 heavy (non-hydrogen) atoms. The molecule has 6 heteroatoms. The van der Waals surface area contributed by atoms with Gasteiger partial charge in [-0.1, -0.05) is 36.4 Å². The first-order valence-corrected chi connectivity index (χ1v) is 10.1. The van der Waals surface area contributed by atoms with E-state index in [0.717, 1.165) is 22.4 Å². The maximum atomic E-state index is 11.9. The predicted octanol–water partition coefficient (Wildman–Crippen LogP) is 5.91. The van der Waals surface area contributed by atoms with E-state index in [1.165, 1.54) is 0 Å². The van der Waals surface area contributed by atoms with Crippen molar-refractivity contribution in [3.63, 3.8) is 0 Å². The number of ether oxygens (including phenoxy) is 2. The Hall–Kier alpha value is -4.58. The third-order valence-corrected chi connectivity index (χ3v) is 5.02. The molecule has 4 aromatic carbocycles. The molecule has 0 radical (unpaired) electrons. The van der Waals surface area contributed by atoms with E-state index in [0.29, 0.717) is 28.3 Å². The fourth-order valence-corrected chi connectivity index (χ4v) is 3.50. The Bertz CT molecular complexity index is 1390. The zero-order valence-electron chi connectivity index (χ0n) is 17.0. The first-order valence-electron chi connectivity index (χ1n) is 10.1. The lowest BCUT2D eigenvalue weighted by Crippen LogP contribution is -2.12. The number of rotatable bonds is 6. The van der Waals surface area contributed by atoms with E-state index in [9.17, 15) is 4.79 Å². The molecule has 1 aromatic heterocycles. The number of aromatic amines is 1. The lowest BCUT2D eigenvalue weighted by atomic mass is 10.0. The van der Waals surface area contributed by atoms with E-state index in [2.05, 4.69) is 10.2 Å². The van der Waals surface area contributed by atoms with Crippen molar-refractivity contribution in [1.82, 2.24) is 10.2 Å². The zero-order chi connectivity index (χ0) is 21.9. The van der Waals surface area contributed by atoms with E-state index >= 15 is 0 Å². The molecule has 0 saturated carbocycles. The van der Waals surface area contributed by atoms with Crippen LogP contribution in [0.4, 0.5) is 0 Å². The summed E-state index contributed by atoms with van der Waals surface area (Å²) < 4.78 is 11.9. The molecule has 6 nitrogen and oxygen atoms in total. The summed E-state index contributed by atoms with van der Waals surface area (Å²) in [6, 6.07) is 29.8. The van der Waals surface area contributed by atoms with Gasteiger partial charge < -0.3 is 15.2 Å². The number of hydrogen-bond donors (Lipinski definition) is 2. The summed E-state index contributed by atoms with van der Waals surface area (Å²) in [5, 5.41) is 8.24. The van der Waals surface area contributed by atoms with Crippen molar-refractivity contribution < 1.29 is 14.3 Å². The van der Waals surface area contributed by atoms with Crippen molar-refractivity contribution in [2.24, 2.45) is 5.73 Å². The molecule has 1 heterocycles. The van der Waals surface area contributed by atoms with Crippen LogP contribution in [0.1, 0.15) is 10.4 Å². The lowest BCUT2D eigenvalue weighted by Gasteiger charge is -2.09. The number of carbonyl (C=O) groups excluding carboxylic acids is 1. The molecule has 0 aliphatic heterocycles. The number of para-hydroxylation sites is 1. The normalized spacial score (nSPS) is 10.8. The van der Waals surface area contributed by atoms with Gasteiger partial charge >= 0.3 is 0 Å². The minimum atomic E-state index is -0.498. The van der Waals surface area contributed by atoms with Crippen molar-refractivity contribution in [2.45, 2.75) is 0 Å². The first kappa shape index (κ1) is 19.4. The van der Waals surface area contributed by atoms with Gasteiger partial charge in [0.05, 0.1) is 5.52 Å². The van der Waals surface area contributed by atoms with Crippen LogP contribution in [0.25, 0.3) is 22.2 Å². The maximum absolute atomic E-state index is 11.9. The van der Waals surface area contributed by atoms with Gasteiger partial charge in [0, 0.05) is 16.5 Å². The predicted molar refractivity (Wildman–Crippen MR) is 123 cm³/mol. The largest absolute Gasteiger partial charge is 0.457 e. The van der Waals surface area contributed by atoms with Gasteiger partial charge in [0.15, 0.2) is 0 Å². The molecule has 0 aliphatic carbocycles. The van der Waals surface area contributed by atoms with Crippen molar-refractivity contribution >= 4 is 16.8 Å². The average molecular weight is 421 g/mol. The number of fused-ring (bicyclic) bond motifs is 1. The minimum absolute atomic E-state index is 0.418. The Morgan fingerprint density at radius 2 is 1.31 bits per heavy atom. The third-order valence-electron chi connectivity index (χ3n) is 5.02. The van der Waals surface area contributed by atoms with Gasteiger partial charge in [0.2, 0.25) is 5.91 Å². The molecule has 0 fully saturated rings. The third kappa shape index (κ3) is 3.89. The van der Waals surface area contributed by atoms with E-state index in [1.54, 1.807) is 12.1 Å². The Morgan fingerprint density at radius 1 is 0.719 bits per heavy atom. The molecule has 0 unspecified atom stereocenters. The van der Waals surface area contributed by atoms with E-state index < -0.39 is 5.91 Å². The number of H-pyrrole nitrogens is 1. The second kappa shape index (κ2) is 8.28. The number of nitrogens with zero attached hydrogens (tertiary/aromatic N) is 1. The van der Waals surface area contributed by atoms with Crippen molar-refractivity contribution in [3.8, 4) is 34.3 Å². The second-order valence-electron chi connectivity index (χ2n) is 7.18. The smallest absolute Gasteiger partial charge is 0.249 e. The Morgan fingerprint density at radius 3 is 2.03 bits per heavy atom. The van der Waals surface area contributed by atoms with Gasteiger partial charge in [0.1, 0.15) is 28.7 Å². The summed E-state index contributed by atoms with van der Waals surface area (Å²) in [7, 11) is 0. The number of nitrogens with one attached hydrogen (secondary N) is 1. The van der Waals surface area contributed by atoms with Gasteiger partial charge in [-0.25, -0.2) is 0 Å². The SMILES string of the molecule is NC(=O)c1ccccc1-c1n[nH]c2ccc(Oc3ccc(Oc4ccccc4)cc3)cc12. The number of hydrogen-bond acceptors (Lipinski definition) is 4. The molecular weight excluding hydrogens is 402 g/mol. The Kier molecular flexibility index (Phi) is 5.01. The molecule has 0 atom stereocenters. The molecule has 5 rings (SSSR count). The minimum Gasteiger partial charge on any atom is -0.457 e. The van der Waals surface area contributed by atoms with Crippen LogP contribution < -0.4 is 15.2 Å². The maximum Gasteiger partial charge on any atom is 0.249 e. The highest BCUT2D eigenvalue weighted by molar-refractivity contribution is 6.04. The molecule has 3 N–H and O–H groups in total. The topological polar surface area (TPSA) is 90.2 Å². The number of primary amides is 1. The van der Waals surface area contributed by atoms with Crippen LogP contribution >= 0.6 is 0 Å². The quantitative estimate of drug-likeness (QED) is 0.356. The number of nitrogens with two attached hydrogens (primary N) is 1. The first-order chi connectivity index (χ1) is 15.7. The molecule has 0 spiro atoms. The zero-order valence-corrected chi connectivity index (χ0v) is 17.0. The van der Waals surface area contributed by atoms with Crippen molar-refractivity contribution in [3.05, 3.63) is 103 Å². The van der Waals surface area contributed by atoms with Crippen LogP contribution in [0.5, 0.6) is 23.0 Å². The van der Waals surface area contributed by atoms with Gasteiger partial charge in [-0.15, -0.1) is 0 Å². The Balaban J connectivity index is 1.41. The van der Waals surface area contributed by atoms with Crippen LogP contribution in [-0.4, -0.2) is 16.1 Å². The van der Waals surface area contributed by atoms with Crippen LogP contribution in [-0.2, 0) is 0 Å². The summed E-state index contributed by atoms with van der Waals surface area (Å²) in [5.74, 6) is 2.32. The summed E-state index contributed by atoms with van der Waals surface area (Å²) in [5.41, 5.74) is 8.11. The molecule has 156 valence electrons. The number of amides is 1. The molecule has 0 saturated heterocycles. The molecule has 5 aromatic rings. The van der Waals surface area contributed by atoms with E-state index in [4.69, 9.17) is 15.2 Å². The van der Waals surface area contributed by atoms with Gasteiger partial charge in [-0.2, -0.15) is 5.10 Å². The van der Waals surface area contributed by atoms with Gasteiger partial charge in [-0.05, 0) is 60.7 Å². The Labute approximate surface area is 184 Å².